The summed E-state index contributed by atoms with van der Waals surface area (Å²) >= 11 is 2.55. The first-order chi connectivity index (χ1) is 35.2. The predicted molar refractivity (Wildman–Crippen MR) is 292 cm³/mol. The summed E-state index contributed by atoms with van der Waals surface area (Å²) in [5.74, 6) is 2.36. The predicted octanol–water partition coefficient (Wildman–Crippen LogP) is 17.0. The van der Waals surface area contributed by atoms with E-state index in [1.54, 1.807) is 0 Å². The number of imidazole rings is 1. The molecule has 0 saturated heterocycles. The Hall–Kier alpha value is -8.11. The van der Waals surface area contributed by atoms with Crippen molar-refractivity contribution in [2.45, 2.75) is 39.5 Å². The molecule has 13 rings (SSSR count). The number of hydrogen-bond acceptors (Lipinski definition) is 2. The molecule has 1 aliphatic rings. The topological polar surface area (TPSA) is 36.9 Å². The van der Waals surface area contributed by atoms with E-state index < -0.39 is 0 Å². The third-order valence-corrected chi connectivity index (χ3v) is 15.5. The molecule has 0 bridgehead atoms. The summed E-state index contributed by atoms with van der Waals surface area (Å²) in [6, 6.07) is 76.6. The fourth-order valence-electron chi connectivity index (χ4n) is 11.0. The minimum absolute atomic E-state index is 0.0934. The van der Waals surface area contributed by atoms with Crippen LogP contribution < -0.4 is 4.74 Å². The van der Waals surface area contributed by atoms with Gasteiger partial charge in [-0.15, -0.1) is 0 Å². The van der Waals surface area contributed by atoms with Gasteiger partial charge in [0.1, 0.15) is 0 Å². The Morgan fingerprint density at radius 3 is 1.88 bits per heavy atom. The Balaban J connectivity index is 0.927. The van der Waals surface area contributed by atoms with Crippen LogP contribution in [0.25, 0.3) is 94.5 Å². The van der Waals surface area contributed by atoms with Crippen molar-refractivity contribution in [1.29, 1.82) is 0 Å². The zero-order valence-corrected chi connectivity index (χ0v) is 42.8. The molecular weight excluding hydrogens is 1060 g/mol. The molecule has 3 heterocycles. The number of fused-ring (bicyclic) bond motifs is 7. The molecule has 9 aromatic carbocycles. The van der Waals surface area contributed by atoms with Crippen LogP contribution in [-0.2, 0) is 31.2 Å². The number of aromatic nitrogens is 4. The Bertz CT molecular complexity index is 4160. The van der Waals surface area contributed by atoms with E-state index in [1.165, 1.54) is 72.3 Å². The Morgan fingerprint density at radius 1 is 0.486 bits per heavy atom. The van der Waals surface area contributed by atoms with E-state index >= 15 is 0 Å². The molecule has 6 heteroatoms. The van der Waals surface area contributed by atoms with Gasteiger partial charge in [0, 0.05) is 11.8 Å². The van der Waals surface area contributed by atoms with Crippen LogP contribution in [0.3, 0.4) is 0 Å². The van der Waals surface area contributed by atoms with Crippen LogP contribution in [-0.4, -0.2) is 18.7 Å². The van der Waals surface area contributed by atoms with Crippen molar-refractivity contribution in [2.24, 2.45) is 0 Å². The second kappa shape index (κ2) is 17.3. The van der Waals surface area contributed by atoms with Gasteiger partial charge in [-0.2, -0.15) is 0 Å². The maximum atomic E-state index is 6.89. The molecule has 0 aliphatic heterocycles. The van der Waals surface area contributed by atoms with Gasteiger partial charge in [-0.3, -0.25) is 0 Å². The maximum absolute atomic E-state index is 6.89. The minimum Gasteiger partial charge on any atom is -0.0579 e. The van der Waals surface area contributed by atoms with Crippen molar-refractivity contribution in [2.75, 3.05) is 0 Å². The third-order valence-electron chi connectivity index (χ3n) is 14.5. The molecule has 0 amide bonds. The molecule has 72 heavy (non-hydrogen) atoms. The van der Waals surface area contributed by atoms with E-state index in [9.17, 15) is 0 Å². The molecule has 0 fully saturated rings. The molecule has 0 spiro atoms. The Morgan fingerprint density at radius 2 is 1.12 bits per heavy atom. The van der Waals surface area contributed by atoms with Crippen molar-refractivity contribution in [3.05, 3.63) is 245 Å². The van der Waals surface area contributed by atoms with Crippen molar-refractivity contribution in [3.8, 4) is 73.2 Å². The van der Waals surface area contributed by atoms with Gasteiger partial charge in [0.05, 0.1) is 0 Å². The molecule has 0 N–H and O–H groups in total. The van der Waals surface area contributed by atoms with Gasteiger partial charge in [0.2, 0.25) is 0 Å². The van der Waals surface area contributed by atoms with Gasteiger partial charge in [-0.05, 0) is 29.0 Å². The number of aryl methyl sites for hydroxylation is 1. The van der Waals surface area contributed by atoms with E-state index in [1.807, 2.05) is 12.3 Å². The summed E-state index contributed by atoms with van der Waals surface area (Å²) in [6.07, 6.45) is 2.89. The van der Waals surface area contributed by atoms with Crippen molar-refractivity contribution in [3.63, 3.8) is 0 Å². The molecule has 12 aromatic rings. The van der Waals surface area contributed by atoms with Gasteiger partial charge >= 0.3 is 335 Å². The van der Waals surface area contributed by atoms with Gasteiger partial charge in [-0.25, -0.2) is 0 Å². The van der Waals surface area contributed by atoms with Crippen LogP contribution in [0.5, 0.6) is 11.5 Å². The van der Waals surface area contributed by atoms with E-state index in [2.05, 4.69) is 267 Å². The van der Waals surface area contributed by atoms with Gasteiger partial charge < -0.3 is 0 Å². The summed E-state index contributed by atoms with van der Waals surface area (Å²) in [5, 5.41) is 2.31. The first-order valence-corrected chi connectivity index (χ1v) is 25.8. The average molecular weight is 1110 g/mol. The molecular formula is C66H50N4OPt. The van der Waals surface area contributed by atoms with E-state index in [4.69, 9.17) is 9.72 Å². The molecule has 350 valence electrons. The fraction of sp³-hybridized carbons (Fsp3) is 0.0909. The standard InChI is InChI=1S/C66H50N4O.Pt/c1-43-36-63(67-41-58(43)45-30-32-48(33-31-45)66(2,3)4)70-59-27-14-13-26-53(59)54-35-34-51(39-62(54)70)71-50-24-17-23-49(38-50)68-42-69(61-29-16-15-28-60(61)68)65-55(44-18-7-5-8-19-44)40-56-52-25-12-11-22-47(52)37-57(56)64(65)46-20-9-6-10-21-46;/h5-36,38-41H,37H2,1-4H3;. The number of para-hydroxylation sites is 3. The van der Waals surface area contributed by atoms with E-state index in [0.717, 1.165) is 66.2 Å². The normalized spacial score (nSPS) is 12.2. The smallest absolute Gasteiger partial charge is 0.0579 e. The number of nitrogens with zero attached hydrogens (tertiary/aromatic N) is 4. The van der Waals surface area contributed by atoms with Crippen LogP contribution in [0.2, 0.25) is 0 Å². The molecule has 0 saturated carbocycles. The Labute approximate surface area is 430 Å². The minimum atomic E-state index is 0.0934. The third kappa shape index (κ3) is 7.33. The number of rotatable bonds is 8. The summed E-state index contributed by atoms with van der Waals surface area (Å²) in [6.45, 7) is 8.93. The van der Waals surface area contributed by atoms with Crippen LogP contribution in [0, 0.1) is 10.7 Å². The first-order valence-electron chi connectivity index (χ1n) is 24.6. The quantitative estimate of drug-likeness (QED) is 0.152. The van der Waals surface area contributed by atoms with Crippen molar-refractivity contribution >= 4 is 32.8 Å². The second-order valence-electron chi connectivity index (χ2n) is 20.0. The molecule has 5 nitrogen and oxygen atoms in total. The number of ether oxygens (including phenoxy) is 1. The molecule has 1 aliphatic carbocycles. The molecule has 0 radical (unpaired) electrons. The zero-order chi connectivity index (χ0) is 48.7. The molecule has 0 atom stereocenters. The fourth-order valence-corrected chi connectivity index (χ4v) is 12.1. The number of hydrogen-bond donors (Lipinski definition) is 0. The van der Waals surface area contributed by atoms with E-state index in [0.29, 0.717) is 0 Å². The second-order valence-corrected chi connectivity index (χ2v) is 21.0. The van der Waals surface area contributed by atoms with Gasteiger partial charge in [0.15, 0.2) is 0 Å². The van der Waals surface area contributed by atoms with Crippen molar-refractivity contribution in [1.82, 2.24) is 18.7 Å². The van der Waals surface area contributed by atoms with Crippen LogP contribution in [0.1, 0.15) is 43.0 Å². The summed E-state index contributed by atoms with van der Waals surface area (Å²) in [5.41, 5.74) is 21.6. The molecule has 3 aromatic heterocycles. The van der Waals surface area contributed by atoms with Gasteiger partial charge in [-0.1, -0.05) is 57.2 Å². The average Bonchev–Trinajstić information content (AvgIpc) is 4.04. The SMILES string of the molecule is Cc1cc(-n2c3ccccc3c3ccc(Oc4cccc(-n5[c](=[Pt])n(-c6c(-c7ccccc7)cc7c(c6-c6ccccc6)Cc6ccccc6-7)c6ccccc65)c4)cc32)ncc1-c1ccc(C(C)(C)C)cc1. The molecule has 0 unspecified atom stereocenters. The zero-order valence-electron chi connectivity index (χ0n) is 40.5. The van der Waals surface area contributed by atoms with E-state index in [-0.39, 0.29) is 5.41 Å². The summed E-state index contributed by atoms with van der Waals surface area (Å²) in [4.78, 5) is 5.13. The number of pyridine rings is 1. The van der Waals surface area contributed by atoms with Crippen LogP contribution >= 0.6 is 0 Å². The summed E-state index contributed by atoms with van der Waals surface area (Å²) in [7, 11) is 0. The monoisotopic (exact) mass is 1110 g/mol. The summed E-state index contributed by atoms with van der Waals surface area (Å²) < 4.78 is 15.1. The van der Waals surface area contributed by atoms with Gasteiger partial charge in [0.25, 0.3) is 0 Å². The first kappa shape index (κ1) is 43.9. The van der Waals surface area contributed by atoms with Crippen LogP contribution in [0.15, 0.2) is 219 Å². The Kier molecular flexibility index (Phi) is 10.6. The number of benzene rings is 9. The van der Waals surface area contributed by atoms with Crippen molar-refractivity contribution < 1.29 is 24.1 Å². The van der Waals surface area contributed by atoms with Crippen LogP contribution in [0.4, 0.5) is 0 Å².